The van der Waals surface area contributed by atoms with Gasteiger partial charge in [-0.05, 0) is 35.6 Å². The van der Waals surface area contributed by atoms with E-state index in [-0.39, 0.29) is 5.91 Å². The molecule has 0 spiro atoms. The fraction of sp³-hybridized carbons (Fsp3) is 0.278. The predicted molar refractivity (Wildman–Crippen MR) is 104 cm³/mol. The third-order valence-electron chi connectivity index (χ3n) is 3.66. The number of aromatic nitrogens is 3. The minimum Gasteiger partial charge on any atom is -0.497 e. The molecule has 26 heavy (non-hydrogen) atoms. The van der Waals surface area contributed by atoms with Crippen LogP contribution < -0.4 is 10.1 Å². The maximum atomic E-state index is 12.0. The van der Waals surface area contributed by atoms with E-state index in [0.29, 0.717) is 17.5 Å². The monoisotopic (exact) mass is 388 g/mol. The molecule has 2 aromatic heterocycles. The van der Waals surface area contributed by atoms with Gasteiger partial charge in [0, 0.05) is 17.8 Å². The van der Waals surface area contributed by atoms with Gasteiger partial charge in [-0.1, -0.05) is 30.0 Å². The van der Waals surface area contributed by atoms with Crippen molar-refractivity contribution < 1.29 is 9.53 Å². The first-order chi connectivity index (χ1) is 12.7. The lowest BCUT2D eigenvalue weighted by molar-refractivity contribution is -0.118. The second-order valence-corrected chi connectivity index (χ2v) is 7.53. The van der Waals surface area contributed by atoms with E-state index in [2.05, 4.69) is 26.6 Å². The molecule has 3 aromatic rings. The molecule has 0 saturated carbocycles. The van der Waals surface area contributed by atoms with Gasteiger partial charge in [-0.25, -0.2) is 4.98 Å². The molecule has 0 aliphatic rings. The zero-order valence-corrected chi connectivity index (χ0v) is 16.0. The molecule has 136 valence electrons. The van der Waals surface area contributed by atoms with Gasteiger partial charge in [-0.3, -0.25) is 9.89 Å². The fourth-order valence-corrected chi connectivity index (χ4v) is 3.68. The van der Waals surface area contributed by atoms with E-state index >= 15 is 0 Å². The van der Waals surface area contributed by atoms with Crippen molar-refractivity contribution in [3.8, 4) is 5.75 Å². The summed E-state index contributed by atoms with van der Waals surface area (Å²) >= 11 is 3.02. The third-order valence-corrected chi connectivity index (χ3v) is 5.38. The maximum absolute atomic E-state index is 12.0. The van der Waals surface area contributed by atoms with Crippen molar-refractivity contribution in [2.75, 3.05) is 19.4 Å². The van der Waals surface area contributed by atoms with Crippen molar-refractivity contribution in [3.63, 3.8) is 0 Å². The third kappa shape index (κ3) is 5.60. The topological polar surface area (TPSA) is 79.9 Å². The first-order valence-electron chi connectivity index (χ1n) is 8.19. The molecule has 0 atom stereocenters. The summed E-state index contributed by atoms with van der Waals surface area (Å²) in [5.41, 5.74) is 1.16. The molecular formula is C18H20N4O2S2. The first kappa shape index (κ1) is 18.5. The van der Waals surface area contributed by atoms with Crippen LogP contribution in [0, 0.1) is 0 Å². The largest absolute Gasteiger partial charge is 0.497 e. The van der Waals surface area contributed by atoms with Crippen molar-refractivity contribution >= 4 is 29.0 Å². The first-order valence-corrected chi connectivity index (χ1v) is 10.1. The Balaban J connectivity index is 1.36. The number of benzene rings is 1. The number of H-pyrrole nitrogens is 1. The van der Waals surface area contributed by atoms with Crippen molar-refractivity contribution in [2.45, 2.75) is 18.0 Å². The number of ether oxygens (including phenoxy) is 1. The van der Waals surface area contributed by atoms with Gasteiger partial charge in [0.05, 0.1) is 12.9 Å². The summed E-state index contributed by atoms with van der Waals surface area (Å²) in [6, 6.07) is 11.9. The molecule has 0 aliphatic carbocycles. The number of aromatic amines is 1. The number of carbonyl (C=O) groups excluding carboxylic acids is 1. The highest BCUT2D eigenvalue weighted by Gasteiger charge is 2.08. The zero-order chi connectivity index (χ0) is 18.2. The van der Waals surface area contributed by atoms with Crippen LogP contribution in [0.3, 0.4) is 0 Å². The van der Waals surface area contributed by atoms with E-state index in [0.717, 1.165) is 30.0 Å². The molecule has 2 N–H and O–H groups in total. The predicted octanol–water partition coefficient (Wildman–Crippen LogP) is 2.92. The molecule has 0 radical (unpaired) electrons. The molecule has 0 bridgehead atoms. The molecule has 3 rings (SSSR count). The number of thioether (sulfide) groups is 1. The van der Waals surface area contributed by atoms with Crippen LogP contribution in [0.15, 0.2) is 46.9 Å². The van der Waals surface area contributed by atoms with E-state index in [1.54, 1.807) is 18.4 Å². The van der Waals surface area contributed by atoms with Gasteiger partial charge in [-0.2, -0.15) is 0 Å². The summed E-state index contributed by atoms with van der Waals surface area (Å²) in [5, 5.41) is 12.6. The Bertz CT molecular complexity index is 816. The van der Waals surface area contributed by atoms with Crippen LogP contribution in [-0.2, 0) is 17.6 Å². The number of hydrogen-bond donors (Lipinski definition) is 2. The molecule has 0 saturated heterocycles. The number of methoxy groups -OCH3 is 1. The number of carbonyl (C=O) groups is 1. The van der Waals surface area contributed by atoms with Gasteiger partial charge in [0.1, 0.15) is 11.6 Å². The standard InChI is InChI=1S/C18H20N4O2S2/c1-24-14-6-4-13(5-7-14)8-9-19-17(23)12-26-18-20-16(21-22-18)11-15-3-2-10-25-15/h2-7,10H,8-9,11-12H2,1H3,(H,19,23)(H,20,21,22). The maximum Gasteiger partial charge on any atom is 0.230 e. The second-order valence-electron chi connectivity index (χ2n) is 5.56. The van der Waals surface area contributed by atoms with Gasteiger partial charge < -0.3 is 10.1 Å². The molecule has 2 heterocycles. The highest BCUT2D eigenvalue weighted by molar-refractivity contribution is 7.99. The average Bonchev–Trinajstić information content (AvgIpc) is 3.33. The zero-order valence-electron chi connectivity index (χ0n) is 14.4. The molecule has 6 nitrogen and oxygen atoms in total. The van der Waals surface area contributed by atoms with Crippen LogP contribution >= 0.6 is 23.1 Å². The Morgan fingerprint density at radius 2 is 2.15 bits per heavy atom. The van der Waals surface area contributed by atoms with Gasteiger partial charge in [0.2, 0.25) is 11.1 Å². The smallest absolute Gasteiger partial charge is 0.230 e. The molecule has 0 unspecified atom stereocenters. The lowest BCUT2D eigenvalue weighted by atomic mass is 10.1. The van der Waals surface area contributed by atoms with Crippen molar-refractivity contribution in [3.05, 3.63) is 58.0 Å². The number of rotatable bonds is 9. The lowest BCUT2D eigenvalue weighted by Gasteiger charge is -2.05. The molecule has 8 heteroatoms. The molecule has 0 fully saturated rings. The van der Waals surface area contributed by atoms with Crippen LogP contribution in [-0.4, -0.2) is 40.5 Å². The average molecular weight is 389 g/mol. The van der Waals surface area contributed by atoms with Gasteiger partial charge in [0.25, 0.3) is 0 Å². The Kier molecular flexibility index (Phi) is 6.68. The summed E-state index contributed by atoms with van der Waals surface area (Å²) < 4.78 is 5.13. The Labute approximate surface area is 160 Å². The van der Waals surface area contributed by atoms with Crippen LogP contribution in [0.25, 0.3) is 0 Å². The van der Waals surface area contributed by atoms with E-state index in [4.69, 9.17) is 4.74 Å². The van der Waals surface area contributed by atoms with Crippen LogP contribution in [0.1, 0.15) is 16.3 Å². The van der Waals surface area contributed by atoms with E-state index in [1.807, 2.05) is 35.7 Å². The lowest BCUT2D eigenvalue weighted by Crippen LogP contribution is -2.27. The fourth-order valence-electron chi connectivity index (χ4n) is 2.32. The van der Waals surface area contributed by atoms with Gasteiger partial charge >= 0.3 is 0 Å². The van der Waals surface area contributed by atoms with Crippen LogP contribution in [0.5, 0.6) is 5.75 Å². The normalized spacial score (nSPS) is 10.7. The Morgan fingerprint density at radius 3 is 2.88 bits per heavy atom. The Morgan fingerprint density at radius 1 is 1.31 bits per heavy atom. The molecule has 1 aromatic carbocycles. The highest BCUT2D eigenvalue weighted by Crippen LogP contribution is 2.16. The van der Waals surface area contributed by atoms with E-state index < -0.39 is 0 Å². The second kappa shape index (κ2) is 9.40. The SMILES string of the molecule is COc1ccc(CCNC(=O)CSc2n[nH]c(Cc3cccs3)n2)cc1. The number of nitrogens with zero attached hydrogens (tertiary/aromatic N) is 2. The van der Waals surface area contributed by atoms with Crippen LogP contribution in [0.4, 0.5) is 0 Å². The molecular weight excluding hydrogens is 368 g/mol. The minimum absolute atomic E-state index is 0.0203. The van der Waals surface area contributed by atoms with Crippen molar-refractivity contribution in [1.29, 1.82) is 0 Å². The van der Waals surface area contributed by atoms with Crippen LogP contribution in [0.2, 0.25) is 0 Å². The van der Waals surface area contributed by atoms with Gasteiger partial charge in [-0.15, -0.1) is 16.4 Å². The number of hydrogen-bond acceptors (Lipinski definition) is 6. The van der Waals surface area contributed by atoms with Crippen molar-refractivity contribution in [2.24, 2.45) is 0 Å². The molecule has 0 aliphatic heterocycles. The summed E-state index contributed by atoms with van der Waals surface area (Å²) in [6.07, 6.45) is 1.52. The summed E-state index contributed by atoms with van der Waals surface area (Å²) in [6.45, 7) is 0.601. The summed E-state index contributed by atoms with van der Waals surface area (Å²) in [7, 11) is 1.65. The van der Waals surface area contributed by atoms with Gasteiger partial charge in [0.15, 0.2) is 0 Å². The minimum atomic E-state index is -0.0203. The quantitative estimate of drug-likeness (QED) is 0.551. The number of amides is 1. The Hall–Kier alpha value is -2.32. The number of nitrogens with one attached hydrogen (secondary N) is 2. The van der Waals surface area contributed by atoms with E-state index in [1.165, 1.54) is 16.6 Å². The molecule has 1 amide bonds. The van der Waals surface area contributed by atoms with Crippen molar-refractivity contribution in [1.82, 2.24) is 20.5 Å². The van der Waals surface area contributed by atoms with E-state index in [9.17, 15) is 4.79 Å². The highest BCUT2D eigenvalue weighted by atomic mass is 32.2. The summed E-state index contributed by atoms with van der Waals surface area (Å²) in [4.78, 5) is 17.6. The summed E-state index contributed by atoms with van der Waals surface area (Å²) in [5.74, 6) is 1.93. The number of thiophene rings is 1.